The van der Waals surface area contributed by atoms with Crippen LogP contribution in [-0.2, 0) is 4.74 Å². The molecule has 0 fully saturated rings. The molecular formula is C20H27N3O3. The molecule has 2 heterocycles. The number of hydrogen-bond acceptors (Lipinski definition) is 5. The fourth-order valence-electron chi connectivity index (χ4n) is 2.83. The molecule has 0 bridgehead atoms. The molecule has 6 nitrogen and oxygen atoms in total. The lowest BCUT2D eigenvalue weighted by Crippen LogP contribution is -2.12. The van der Waals surface area contributed by atoms with Crippen LogP contribution in [0.5, 0.6) is 5.88 Å². The van der Waals surface area contributed by atoms with Crippen LogP contribution >= 0.6 is 0 Å². The summed E-state index contributed by atoms with van der Waals surface area (Å²) >= 11 is 0. The Balaban J connectivity index is 2.09. The van der Waals surface area contributed by atoms with Crippen LogP contribution in [0.2, 0.25) is 0 Å². The van der Waals surface area contributed by atoms with Crippen molar-refractivity contribution in [1.29, 1.82) is 0 Å². The zero-order valence-corrected chi connectivity index (χ0v) is 16.1. The van der Waals surface area contributed by atoms with Gasteiger partial charge in [-0.1, -0.05) is 20.8 Å². The highest BCUT2D eigenvalue weighted by atomic mass is 16.5. The molecule has 1 atom stereocenters. The van der Waals surface area contributed by atoms with E-state index in [0.717, 1.165) is 23.1 Å². The number of pyridine rings is 2. The molecule has 2 aromatic rings. The molecule has 1 amide bonds. The molecule has 140 valence electrons. The zero-order chi connectivity index (χ0) is 19.1. The Morgan fingerprint density at radius 1 is 1.23 bits per heavy atom. The van der Waals surface area contributed by atoms with Gasteiger partial charge in [0, 0.05) is 24.0 Å². The summed E-state index contributed by atoms with van der Waals surface area (Å²) in [5.41, 5.74) is 2.92. The zero-order valence-electron chi connectivity index (χ0n) is 16.1. The van der Waals surface area contributed by atoms with E-state index < -0.39 is 6.09 Å². The standard InChI is InChI=1S/C20H27N3O3/c1-13(2)8-14(3)12-26-19-9-15(4)17(11-22-19)16-6-7-21-18(10-16)23-20(24)25-5/h6-7,9-11,13-14H,8,12H2,1-5H3,(H,21,23,24). The molecule has 0 saturated heterocycles. The molecule has 0 radical (unpaired) electrons. The van der Waals surface area contributed by atoms with Gasteiger partial charge in [-0.3, -0.25) is 5.32 Å². The predicted octanol–water partition coefficient (Wildman–Crippen LogP) is 4.69. The molecule has 6 heteroatoms. The molecule has 0 saturated carbocycles. The number of aryl methyl sites for hydroxylation is 1. The van der Waals surface area contributed by atoms with Gasteiger partial charge in [0.15, 0.2) is 0 Å². The molecule has 26 heavy (non-hydrogen) atoms. The maximum Gasteiger partial charge on any atom is 0.412 e. The van der Waals surface area contributed by atoms with Gasteiger partial charge in [0.05, 0.1) is 13.7 Å². The summed E-state index contributed by atoms with van der Waals surface area (Å²) in [6.45, 7) is 9.28. The molecule has 2 rings (SSSR count). The summed E-state index contributed by atoms with van der Waals surface area (Å²) < 4.78 is 10.4. The highest BCUT2D eigenvalue weighted by Crippen LogP contribution is 2.26. The van der Waals surface area contributed by atoms with Crippen molar-refractivity contribution in [1.82, 2.24) is 9.97 Å². The van der Waals surface area contributed by atoms with Gasteiger partial charge in [-0.2, -0.15) is 0 Å². The van der Waals surface area contributed by atoms with Crippen molar-refractivity contribution in [3.05, 3.63) is 36.2 Å². The van der Waals surface area contributed by atoms with Crippen molar-refractivity contribution in [3.63, 3.8) is 0 Å². The van der Waals surface area contributed by atoms with Crippen molar-refractivity contribution in [3.8, 4) is 17.0 Å². The summed E-state index contributed by atoms with van der Waals surface area (Å²) in [6.07, 6.45) is 4.00. The quantitative estimate of drug-likeness (QED) is 0.778. The Morgan fingerprint density at radius 3 is 2.65 bits per heavy atom. The lowest BCUT2D eigenvalue weighted by Gasteiger charge is -2.15. The largest absolute Gasteiger partial charge is 0.477 e. The third-order valence-corrected chi connectivity index (χ3v) is 3.96. The third-order valence-electron chi connectivity index (χ3n) is 3.96. The van der Waals surface area contributed by atoms with Crippen LogP contribution in [0, 0.1) is 18.8 Å². The van der Waals surface area contributed by atoms with Crippen LogP contribution in [0.4, 0.5) is 10.6 Å². The number of ether oxygens (including phenoxy) is 2. The van der Waals surface area contributed by atoms with E-state index in [-0.39, 0.29) is 0 Å². The van der Waals surface area contributed by atoms with E-state index >= 15 is 0 Å². The minimum Gasteiger partial charge on any atom is -0.477 e. The van der Waals surface area contributed by atoms with Gasteiger partial charge in [-0.05, 0) is 48.4 Å². The highest BCUT2D eigenvalue weighted by molar-refractivity contribution is 5.84. The van der Waals surface area contributed by atoms with E-state index in [1.165, 1.54) is 7.11 Å². The second kappa shape index (κ2) is 9.17. The van der Waals surface area contributed by atoms with Crippen molar-refractivity contribution < 1.29 is 14.3 Å². The van der Waals surface area contributed by atoms with Crippen LogP contribution in [0.3, 0.4) is 0 Å². The second-order valence-corrected chi connectivity index (χ2v) is 6.93. The lowest BCUT2D eigenvalue weighted by atomic mass is 10.00. The molecule has 0 aromatic carbocycles. The van der Waals surface area contributed by atoms with Gasteiger partial charge in [0.2, 0.25) is 5.88 Å². The average Bonchev–Trinajstić information content (AvgIpc) is 2.59. The minimum atomic E-state index is -0.552. The SMILES string of the molecule is COC(=O)Nc1cc(-c2cnc(OCC(C)CC(C)C)cc2C)ccn1. The van der Waals surface area contributed by atoms with E-state index in [9.17, 15) is 4.79 Å². The van der Waals surface area contributed by atoms with Crippen molar-refractivity contribution in [2.24, 2.45) is 11.8 Å². The smallest absolute Gasteiger partial charge is 0.412 e. The number of nitrogens with zero attached hydrogens (tertiary/aromatic N) is 2. The Labute approximate surface area is 155 Å². The van der Waals surface area contributed by atoms with E-state index in [1.54, 1.807) is 18.5 Å². The maximum atomic E-state index is 11.3. The summed E-state index contributed by atoms with van der Waals surface area (Å²) in [4.78, 5) is 19.9. The molecule has 0 aliphatic rings. The van der Waals surface area contributed by atoms with E-state index in [0.29, 0.717) is 30.1 Å². The Morgan fingerprint density at radius 2 is 2.00 bits per heavy atom. The van der Waals surface area contributed by atoms with Gasteiger partial charge in [0.25, 0.3) is 0 Å². The fraction of sp³-hybridized carbons (Fsp3) is 0.450. The Hall–Kier alpha value is -2.63. The number of methoxy groups -OCH3 is 1. The van der Waals surface area contributed by atoms with Gasteiger partial charge in [0.1, 0.15) is 5.82 Å². The van der Waals surface area contributed by atoms with Crippen LogP contribution in [0.15, 0.2) is 30.6 Å². The van der Waals surface area contributed by atoms with E-state index in [1.807, 2.05) is 19.1 Å². The van der Waals surface area contributed by atoms with Crippen LogP contribution in [0.25, 0.3) is 11.1 Å². The first-order valence-corrected chi connectivity index (χ1v) is 8.80. The number of aromatic nitrogens is 2. The second-order valence-electron chi connectivity index (χ2n) is 6.93. The molecule has 1 N–H and O–H groups in total. The molecular weight excluding hydrogens is 330 g/mol. The van der Waals surface area contributed by atoms with Gasteiger partial charge in [-0.25, -0.2) is 14.8 Å². The van der Waals surface area contributed by atoms with E-state index in [4.69, 9.17) is 4.74 Å². The average molecular weight is 357 g/mol. The molecule has 2 aromatic heterocycles. The highest BCUT2D eigenvalue weighted by Gasteiger charge is 2.10. The van der Waals surface area contributed by atoms with Crippen molar-refractivity contribution in [2.75, 3.05) is 19.0 Å². The summed E-state index contributed by atoms with van der Waals surface area (Å²) in [6, 6.07) is 5.59. The minimum absolute atomic E-state index is 0.427. The molecule has 1 unspecified atom stereocenters. The van der Waals surface area contributed by atoms with Gasteiger partial charge in [-0.15, -0.1) is 0 Å². The number of carbonyl (C=O) groups excluding carboxylic acids is 1. The van der Waals surface area contributed by atoms with Gasteiger partial charge >= 0.3 is 6.09 Å². The summed E-state index contributed by atoms with van der Waals surface area (Å²) in [7, 11) is 1.31. The predicted molar refractivity (Wildman–Crippen MR) is 102 cm³/mol. The summed E-state index contributed by atoms with van der Waals surface area (Å²) in [5.74, 6) is 2.20. The molecule has 0 spiro atoms. The maximum absolute atomic E-state index is 11.3. The van der Waals surface area contributed by atoms with Gasteiger partial charge < -0.3 is 9.47 Å². The normalized spacial score (nSPS) is 11.9. The number of anilines is 1. The fourth-order valence-corrected chi connectivity index (χ4v) is 2.83. The number of nitrogens with one attached hydrogen (secondary N) is 1. The van der Waals surface area contributed by atoms with Crippen molar-refractivity contribution in [2.45, 2.75) is 34.1 Å². The first kappa shape index (κ1) is 19.7. The van der Waals surface area contributed by atoms with Crippen LogP contribution < -0.4 is 10.1 Å². The Bertz CT molecular complexity index is 747. The molecule has 0 aliphatic carbocycles. The number of hydrogen-bond donors (Lipinski definition) is 1. The lowest BCUT2D eigenvalue weighted by molar-refractivity contribution is 0.187. The number of amides is 1. The number of rotatable bonds is 7. The third kappa shape index (κ3) is 5.72. The van der Waals surface area contributed by atoms with Crippen molar-refractivity contribution >= 4 is 11.9 Å². The first-order chi connectivity index (χ1) is 12.4. The first-order valence-electron chi connectivity index (χ1n) is 8.80. The molecule has 0 aliphatic heterocycles. The van der Waals surface area contributed by atoms with Crippen LogP contribution in [-0.4, -0.2) is 29.8 Å². The summed E-state index contributed by atoms with van der Waals surface area (Å²) in [5, 5.41) is 2.56. The Kier molecular flexibility index (Phi) is 6.95. The van der Waals surface area contributed by atoms with Crippen LogP contribution in [0.1, 0.15) is 32.8 Å². The van der Waals surface area contributed by atoms with E-state index in [2.05, 4.69) is 40.8 Å². The monoisotopic (exact) mass is 357 g/mol. The number of carbonyl (C=O) groups is 1. The topological polar surface area (TPSA) is 73.3 Å².